The topological polar surface area (TPSA) is 15.8 Å². The van der Waals surface area contributed by atoms with Gasteiger partial charge in [-0.2, -0.15) is 13.2 Å². The fraction of sp³-hybridized carbons (Fsp3) is 0.385. The molecule has 0 saturated heterocycles. The van der Waals surface area contributed by atoms with Crippen LogP contribution in [0.25, 0.3) is 10.9 Å². The second-order valence-electron chi connectivity index (χ2n) is 5.63. The Hall–Kier alpha value is -1.23. The van der Waals surface area contributed by atoms with Crippen molar-refractivity contribution in [2.75, 3.05) is 0 Å². The standard InChI is InChI=1S/C13H16F3NSi/c1-8-12(18(2,3)4)10-7-9(13(14,15)16)5-6-11(10)17-8/h5-7,17H,1-4H3. The van der Waals surface area contributed by atoms with Gasteiger partial charge in [-0.3, -0.25) is 0 Å². The van der Waals surface area contributed by atoms with E-state index in [0.29, 0.717) is 0 Å². The molecule has 5 heteroatoms. The van der Waals surface area contributed by atoms with E-state index in [-0.39, 0.29) is 0 Å². The van der Waals surface area contributed by atoms with Crippen LogP contribution < -0.4 is 5.19 Å². The molecule has 0 atom stereocenters. The number of benzene rings is 1. The quantitative estimate of drug-likeness (QED) is 0.753. The second-order valence-corrected chi connectivity index (χ2v) is 10.6. The van der Waals surface area contributed by atoms with Gasteiger partial charge >= 0.3 is 6.18 Å². The first-order valence-corrected chi connectivity index (χ1v) is 9.30. The number of hydrogen-bond acceptors (Lipinski definition) is 0. The highest BCUT2D eigenvalue weighted by Gasteiger charge is 2.32. The van der Waals surface area contributed by atoms with Crippen LogP contribution in [-0.2, 0) is 6.18 Å². The van der Waals surface area contributed by atoms with E-state index < -0.39 is 19.8 Å². The molecular formula is C13H16F3NSi. The van der Waals surface area contributed by atoms with Crippen molar-refractivity contribution in [3.63, 3.8) is 0 Å². The third-order valence-electron chi connectivity index (χ3n) is 3.06. The molecule has 2 aromatic rings. The highest BCUT2D eigenvalue weighted by atomic mass is 28.3. The van der Waals surface area contributed by atoms with Gasteiger partial charge in [-0.05, 0) is 35.7 Å². The molecule has 1 aromatic heterocycles. The van der Waals surface area contributed by atoms with Crippen LogP contribution in [0.2, 0.25) is 19.6 Å². The van der Waals surface area contributed by atoms with Crippen LogP contribution in [0.4, 0.5) is 13.2 Å². The van der Waals surface area contributed by atoms with Crippen LogP contribution in [0.15, 0.2) is 18.2 Å². The monoisotopic (exact) mass is 271 g/mol. The molecule has 1 nitrogen and oxygen atoms in total. The molecule has 2 rings (SSSR count). The Kier molecular flexibility index (Phi) is 2.85. The molecule has 0 aliphatic rings. The van der Waals surface area contributed by atoms with Crippen molar-refractivity contribution in [2.45, 2.75) is 32.7 Å². The number of halogens is 3. The summed E-state index contributed by atoms with van der Waals surface area (Å²) >= 11 is 0. The van der Waals surface area contributed by atoms with Gasteiger partial charge in [0.25, 0.3) is 0 Å². The summed E-state index contributed by atoms with van der Waals surface area (Å²) < 4.78 is 38.3. The molecule has 0 spiro atoms. The summed E-state index contributed by atoms with van der Waals surface area (Å²) in [6.45, 7) is 8.36. The molecule has 0 radical (unpaired) electrons. The number of aromatic amines is 1. The highest BCUT2D eigenvalue weighted by Crippen LogP contribution is 2.31. The Morgan fingerprint density at radius 3 is 2.22 bits per heavy atom. The fourth-order valence-electron chi connectivity index (χ4n) is 2.47. The highest BCUT2D eigenvalue weighted by molar-refractivity contribution is 6.90. The van der Waals surface area contributed by atoms with Gasteiger partial charge in [0.05, 0.1) is 13.6 Å². The van der Waals surface area contributed by atoms with Crippen molar-refractivity contribution >= 4 is 24.2 Å². The number of aryl methyl sites for hydroxylation is 1. The van der Waals surface area contributed by atoms with E-state index in [9.17, 15) is 13.2 Å². The largest absolute Gasteiger partial charge is 0.416 e. The Morgan fingerprint density at radius 1 is 1.11 bits per heavy atom. The molecule has 1 N–H and O–H groups in total. The van der Waals surface area contributed by atoms with Crippen molar-refractivity contribution in [3.8, 4) is 0 Å². The van der Waals surface area contributed by atoms with Crippen LogP contribution in [0, 0.1) is 6.92 Å². The van der Waals surface area contributed by atoms with E-state index in [1.807, 2.05) is 6.92 Å². The molecule has 0 amide bonds. The molecule has 0 bridgehead atoms. The van der Waals surface area contributed by atoms with Gasteiger partial charge in [0, 0.05) is 11.2 Å². The summed E-state index contributed by atoms with van der Waals surface area (Å²) in [5, 5.41) is 1.81. The predicted octanol–water partition coefficient (Wildman–Crippen LogP) is 4.04. The normalized spacial score (nSPS) is 13.3. The minimum atomic E-state index is -4.28. The van der Waals surface area contributed by atoms with Gasteiger partial charge in [0.1, 0.15) is 0 Å². The van der Waals surface area contributed by atoms with Gasteiger partial charge < -0.3 is 4.98 Å². The number of fused-ring (bicyclic) bond motifs is 1. The molecule has 18 heavy (non-hydrogen) atoms. The van der Waals surface area contributed by atoms with E-state index in [0.717, 1.165) is 27.8 Å². The van der Waals surface area contributed by atoms with E-state index in [1.54, 1.807) is 0 Å². The molecule has 0 aliphatic heterocycles. The SMILES string of the molecule is Cc1[nH]c2ccc(C(F)(F)F)cc2c1[Si](C)(C)C. The maximum Gasteiger partial charge on any atom is 0.416 e. The van der Waals surface area contributed by atoms with Crippen molar-refractivity contribution in [2.24, 2.45) is 0 Å². The van der Waals surface area contributed by atoms with Crippen LogP contribution in [0.5, 0.6) is 0 Å². The zero-order chi connectivity index (χ0) is 13.7. The summed E-state index contributed by atoms with van der Waals surface area (Å²) in [6.07, 6.45) is -4.28. The van der Waals surface area contributed by atoms with E-state index in [4.69, 9.17) is 0 Å². The first kappa shape index (κ1) is 13.2. The maximum absolute atomic E-state index is 12.8. The first-order valence-electron chi connectivity index (χ1n) is 5.80. The predicted molar refractivity (Wildman–Crippen MR) is 71.0 cm³/mol. The zero-order valence-corrected chi connectivity index (χ0v) is 11.9. The first-order chi connectivity index (χ1) is 8.10. The lowest BCUT2D eigenvalue weighted by atomic mass is 10.1. The minimum absolute atomic E-state index is 0.575. The van der Waals surface area contributed by atoms with Gasteiger partial charge in [-0.15, -0.1) is 0 Å². The molecule has 0 fully saturated rings. The fourth-order valence-corrected chi connectivity index (χ4v) is 4.67. The summed E-state index contributed by atoms with van der Waals surface area (Å²) in [5.74, 6) is 0. The zero-order valence-electron chi connectivity index (χ0n) is 10.9. The number of nitrogens with one attached hydrogen (secondary N) is 1. The lowest BCUT2D eigenvalue weighted by molar-refractivity contribution is -0.137. The van der Waals surface area contributed by atoms with Gasteiger partial charge in [-0.1, -0.05) is 19.6 Å². The molecule has 1 heterocycles. The Morgan fingerprint density at radius 2 is 1.72 bits per heavy atom. The van der Waals surface area contributed by atoms with Crippen LogP contribution in [-0.4, -0.2) is 13.1 Å². The van der Waals surface area contributed by atoms with Gasteiger partial charge in [0.2, 0.25) is 0 Å². The number of hydrogen-bond donors (Lipinski definition) is 1. The molecule has 0 saturated carbocycles. The van der Waals surface area contributed by atoms with Crippen molar-refractivity contribution in [1.82, 2.24) is 4.98 Å². The van der Waals surface area contributed by atoms with Crippen LogP contribution in [0.3, 0.4) is 0 Å². The van der Waals surface area contributed by atoms with Crippen molar-refractivity contribution < 1.29 is 13.2 Å². The molecule has 1 aromatic carbocycles. The minimum Gasteiger partial charge on any atom is -0.359 e. The number of alkyl halides is 3. The smallest absolute Gasteiger partial charge is 0.359 e. The summed E-state index contributed by atoms with van der Waals surface area (Å²) in [7, 11) is -1.67. The Bertz CT molecular complexity index is 591. The van der Waals surface area contributed by atoms with Crippen molar-refractivity contribution in [3.05, 3.63) is 29.5 Å². The summed E-state index contributed by atoms with van der Waals surface area (Å²) in [4.78, 5) is 3.18. The lowest BCUT2D eigenvalue weighted by Crippen LogP contribution is -2.38. The number of rotatable bonds is 1. The third-order valence-corrected chi connectivity index (χ3v) is 5.21. The van der Waals surface area contributed by atoms with Crippen LogP contribution in [0.1, 0.15) is 11.3 Å². The Balaban J connectivity index is 2.76. The van der Waals surface area contributed by atoms with E-state index in [2.05, 4.69) is 24.6 Å². The van der Waals surface area contributed by atoms with E-state index >= 15 is 0 Å². The maximum atomic E-state index is 12.8. The molecule has 98 valence electrons. The van der Waals surface area contributed by atoms with Gasteiger partial charge in [0.15, 0.2) is 0 Å². The number of H-pyrrole nitrogens is 1. The second kappa shape index (κ2) is 3.88. The molecule has 0 unspecified atom stereocenters. The molecule has 0 aliphatic carbocycles. The Labute approximate surface area is 105 Å². The average molecular weight is 271 g/mol. The third kappa shape index (κ3) is 2.19. The van der Waals surface area contributed by atoms with Gasteiger partial charge in [-0.25, -0.2) is 0 Å². The van der Waals surface area contributed by atoms with Crippen LogP contribution >= 0.6 is 0 Å². The average Bonchev–Trinajstić information content (AvgIpc) is 2.49. The lowest BCUT2D eigenvalue weighted by Gasteiger charge is -2.17. The summed E-state index contributed by atoms with van der Waals surface area (Å²) in [6, 6.07) is 3.92. The van der Waals surface area contributed by atoms with E-state index in [1.165, 1.54) is 12.1 Å². The molecular weight excluding hydrogens is 255 g/mol. The number of aromatic nitrogens is 1. The summed E-state index contributed by atoms with van der Waals surface area (Å²) in [5.41, 5.74) is 1.20. The van der Waals surface area contributed by atoms with Crippen molar-refractivity contribution in [1.29, 1.82) is 0 Å².